The summed E-state index contributed by atoms with van der Waals surface area (Å²) >= 11 is 2.96. The second-order valence-electron chi connectivity index (χ2n) is 9.52. The summed E-state index contributed by atoms with van der Waals surface area (Å²) in [6.45, 7) is 7.72. The summed E-state index contributed by atoms with van der Waals surface area (Å²) in [6, 6.07) is 4.95. The number of benzene rings is 1. The van der Waals surface area contributed by atoms with Crippen LogP contribution in [-0.2, 0) is 26.7 Å². The fourth-order valence-electron chi connectivity index (χ4n) is 3.46. The highest BCUT2D eigenvalue weighted by molar-refractivity contribution is 7.89. The van der Waals surface area contributed by atoms with Crippen molar-refractivity contribution in [2.24, 2.45) is 5.92 Å². The zero-order valence-corrected chi connectivity index (χ0v) is 22.1. The van der Waals surface area contributed by atoms with E-state index in [1.54, 1.807) is 29.5 Å². The Hall–Kier alpha value is -2.08. The highest BCUT2D eigenvalue weighted by Gasteiger charge is 2.24. The van der Waals surface area contributed by atoms with Crippen molar-refractivity contribution in [2.75, 3.05) is 25.0 Å². The molecule has 2 heterocycles. The molecule has 34 heavy (non-hydrogen) atoms. The summed E-state index contributed by atoms with van der Waals surface area (Å²) in [4.78, 5) is 21.2. The molecule has 1 aliphatic rings. The third kappa shape index (κ3) is 6.12. The van der Waals surface area contributed by atoms with E-state index in [1.165, 1.54) is 11.3 Å². The Bertz CT molecular complexity index is 1260. The Morgan fingerprint density at radius 1 is 1.15 bits per heavy atom. The van der Waals surface area contributed by atoms with Crippen LogP contribution in [0.1, 0.15) is 50.7 Å². The Morgan fingerprint density at radius 3 is 2.62 bits per heavy atom. The van der Waals surface area contributed by atoms with Crippen molar-refractivity contribution in [3.05, 3.63) is 34.3 Å². The normalized spacial score (nSPS) is 14.8. The quantitative estimate of drug-likeness (QED) is 0.349. The maximum atomic E-state index is 12.8. The van der Waals surface area contributed by atoms with Crippen molar-refractivity contribution in [1.29, 1.82) is 0 Å². The number of carbonyl (C=O) groups excluding carboxylic acids is 1. The molecule has 1 fully saturated rings. The van der Waals surface area contributed by atoms with E-state index < -0.39 is 10.0 Å². The number of rotatable bonds is 10. The number of anilines is 1. The molecule has 184 valence electrons. The molecule has 0 radical (unpaired) electrons. The number of carbonyl (C=O) groups is 1. The van der Waals surface area contributed by atoms with Gasteiger partial charge in [0.25, 0.3) is 0 Å². The summed E-state index contributed by atoms with van der Waals surface area (Å²) in [5, 5.41) is 9.81. The molecule has 1 aliphatic carbocycles. The summed E-state index contributed by atoms with van der Waals surface area (Å²) in [5.41, 5.74) is 1.74. The smallest absolute Gasteiger partial charge is 0.240 e. The minimum atomic E-state index is -3.63. The number of thiazole rings is 2. The van der Waals surface area contributed by atoms with Crippen LogP contribution in [0.3, 0.4) is 0 Å². The van der Waals surface area contributed by atoms with Gasteiger partial charge in [0.1, 0.15) is 0 Å². The minimum absolute atomic E-state index is 0.0178. The largest absolute Gasteiger partial charge is 0.360 e. The van der Waals surface area contributed by atoms with E-state index in [1.807, 2.05) is 5.38 Å². The van der Waals surface area contributed by atoms with E-state index in [4.69, 9.17) is 0 Å². The second kappa shape index (κ2) is 10.3. The fourth-order valence-corrected chi connectivity index (χ4v) is 6.55. The first-order chi connectivity index (χ1) is 16.1. The van der Waals surface area contributed by atoms with Gasteiger partial charge in [-0.05, 0) is 31.0 Å². The average Bonchev–Trinajstić information content (AvgIpc) is 3.35. The van der Waals surface area contributed by atoms with Gasteiger partial charge in [-0.2, -0.15) is 0 Å². The lowest BCUT2D eigenvalue weighted by Gasteiger charge is -2.23. The third-order valence-corrected chi connectivity index (χ3v) is 9.14. The number of hydrogen-bond acceptors (Lipinski definition) is 8. The highest BCUT2D eigenvalue weighted by atomic mass is 32.2. The SMILES string of the molecule is CC(C)(C)c1csc(CCNS(=O)(=O)c2ccc3nc(NCCNC(=O)C4CCC4)sc3c2)n1. The Balaban J connectivity index is 1.30. The minimum Gasteiger partial charge on any atom is -0.360 e. The van der Waals surface area contributed by atoms with E-state index in [0.717, 1.165) is 40.2 Å². The van der Waals surface area contributed by atoms with Gasteiger partial charge >= 0.3 is 0 Å². The molecule has 0 saturated heterocycles. The van der Waals surface area contributed by atoms with E-state index >= 15 is 0 Å². The van der Waals surface area contributed by atoms with Gasteiger partial charge in [0.05, 0.1) is 25.8 Å². The topological polar surface area (TPSA) is 113 Å². The molecule has 0 aliphatic heterocycles. The Labute approximate surface area is 208 Å². The monoisotopic (exact) mass is 521 g/mol. The first-order valence-electron chi connectivity index (χ1n) is 11.5. The van der Waals surface area contributed by atoms with Crippen molar-refractivity contribution >= 4 is 54.0 Å². The molecule has 3 aromatic rings. The standard InChI is InChI=1S/C23H31N5O3S3/c1-23(2,3)19-14-32-20(28-19)9-10-26-34(30,31)16-7-8-17-18(13-16)33-22(27-17)25-12-11-24-21(29)15-5-4-6-15/h7-8,13-15,26H,4-6,9-12H2,1-3H3,(H,24,29)(H,25,27). The maximum absolute atomic E-state index is 12.8. The lowest BCUT2D eigenvalue weighted by Crippen LogP contribution is -2.36. The first kappa shape index (κ1) is 25.0. The number of sulfonamides is 1. The Kier molecular flexibility index (Phi) is 7.56. The van der Waals surface area contributed by atoms with E-state index in [2.05, 4.69) is 46.1 Å². The molecule has 4 rings (SSSR count). The zero-order valence-electron chi connectivity index (χ0n) is 19.7. The molecule has 3 N–H and O–H groups in total. The molecule has 0 unspecified atom stereocenters. The van der Waals surface area contributed by atoms with Crippen LogP contribution in [0.2, 0.25) is 0 Å². The van der Waals surface area contributed by atoms with Crippen LogP contribution in [-0.4, -0.2) is 43.9 Å². The first-order valence-corrected chi connectivity index (χ1v) is 14.7. The Morgan fingerprint density at radius 2 is 1.94 bits per heavy atom. The number of nitrogens with zero attached hydrogens (tertiary/aromatic N) is 2. The summed E-state index contributed by atoms with van der Waals surface area (Å²) in [7, 11) is -3.63. The molecular formula is C23H31N5O3S3. The molecule has 0 atom stereocenters. The average molecular weight is 522 g/mol. The summed E-state index contributed by atoms with van der Waals surface area (Å²) < 4.78 is 29.1. The van der Waals surface area contributed by atoms with E-state index in [-0.39, 0.29) is 22.1 Å². The summed E-state index contributed by atoms with van der Waals surface area (Å²) in [6.07, 6.45) is 3.66. The second-order valence-corrected chi connectivity index (χ2v) is 13.3. The van der Waals surface area contributed by atoms with Crippen LogP contribution < -0.4 is 15.4 Å². The van der Waals surface area contributed by atoms with Gasteiger partial charge in [-0.15, -0.1) is 11.3 Å². The molecule has 1 aromatic carbocycles. The number of amides is 1. The van der Waals surface area contributed by atoms with E-state index in [0.29, 0.717) is 31.2 Å². The van der Waals surface area contributed by atoms with Crippen LogP contribution >= 0.6 is 22.7 Å². The van der Waals surface area contributed by atoms with Crippen LogP contribution in [0.4, 0.5) is 5.13 Å². The lowest BCUT2D eigenvalue weighted by atomic mass is 9.85. The van der Waals surface area contributed by atoms with Gasteiger partial charge in [0.15, 0.2) is 5.13 Å². The third-order valence-electron chi connectivity index (χ3n) is 5.80. The lowest BCUT2D eigenvalue weighted by molar-refractivity contribution is -0.127. The highest BCUT2D eigenvalue weighted by Crippen LogP contribution is 2.29. The molecule has 8 nitrogen and oxygen atoms in total. The number of aromatic nitrogens is 2. The molecule has 2 aromatic heterocycles. The molecular weight excluding hydrogens is 490 g/mol. The fraction of sp³-hybridized carbons (Fsp3) is 0.522. The zero-order chi connectivity index (χ0) is 24.3. The predicted octanol–water partition coefficient (Wildman–Crippen LogP) is 3.90. The van der Waals surface area contributed by atoms with Gasteiger partial charge in [0, 0.05) is 42.8 Å². The molecule has 1 amide bonds. The molecule has 0 spiro atoms. The molecule has 11 heteroatoms. The van der Waals surface area contributed by atoms with Gasteiger partial charge in [0.2, 0.25) is 15.9 Å². The van der Waals surface area contributed by atoms with Crippen LogP contribution in [0, 0.1) is 5.92 Å². The van der Waals surface area contributed by atoms with E-state index in [9.17, 15) is 13.2 Å². The predicted molar refractivity (Wildman–Crippen MR) is 138 cm³/mol. The van der Waals surface area contributed by atoms with Crippen molar-refractivity contribution < 1.29 is 13.2 Å². The molecule has 1 saturated carbocycles. The van der Waals surface area contributed by atoms with Gasteiger partial charge < -0.3 is 10.6 Å². The summed E-state index contributed by atoms with van der Waals surface area (Å²) in [5.74, 6) is 0.308. The number of hydrogen-bond donors (Lipinski definition) is 3. The van der Waals surface area contributed by atoms with Gasteiger partial charge in [-0.1, -0.05) is 38.5 Å². The van der Waals surface area contributed by atoms with Crippen molar-refractivity contribution in [3.63, 3.8) is 0 Å². The van der Waals surface area contributed by atoms with Crippen LogP contribution in [0.5, 0.6) is 0 Å². The van der Waals surface area contributed by atoms with Crippen molar-refractivity contribution in [1.82, 2.24) is 20.0 Å². The van der Waals surface area contributed by atoms with Crippen molar-refractivity contribution in [3.8, 4) is 0 Å². The van der Waals surface area contributed by atoms with Crippen molar-refractivity contribution in [2.45, 2.75) is 56.8 Å². The number of nitrogens with one attached hydrogen (secondary N) is 3. The molecule has 0 bridgehead atoms. The number of fused-ring (bicyclic) bond motifs is 1. The van der Waals surface area contributed by atoms with Gasteiger partial charge in [-0.3, -0.25) is 4.79 Å². The van der Waals surface area contributed by atoms with Crippen LogP contribution in [0.25, 0.3) is 10.2 Å². The van der Waals surface area contributed by atoms with Crippen LogP contribution in [0.15, 0.2) is 28.5 Å². The van der Waals surface area contributed by atoms with Gasteiger partial charge in [-0.25, -0.2) is 23.1 Å². The maximum Gasteiger partial charge on any atom is 0.240 e.